The van der Waals surface area contributed by atoms with Crippen molar-refractivity contribution in [2.45, 2.75) is 32.8 Å². The highest BCUT2D eigenvalue weighted by Crippen LogP contribution is 2.29. The van der Waals surface area contributed by atoms with Crippen LogP contribution in [0.4, 0.5) is 0 Å². The summed E-state index contributed by atoms with van der Waals surface area (Å²) < 4.78 is 6.75. The first-order valence-electron chi connectivity index (χ1n) is 4.79. The lowest BCUT2D eigenvalue weighted by molar-refractivity contribution is 0.193. The Balaban J connectivity index is 2.79. The minimum atomic E-state index is 0.252. The molecule has 1 aromatic carbocycles. The van der Waals surface area contributed by atoms with Gasteiger partial charge < -0.3 is 4.74 Å². The molecule has 3 heteroatoms. The first-order chi connectivity index (χ1) is 6.67. The van der Waals surface area contributed by atoms with E-state index in [4.69, 9.17) is 16.3 Å². The summed E-state index contributed by atoms with van der Waals surface area (Å²) in [6.45, 7) is 4.22. The van der Waals surface area contributed by atoms with Gasteiger partial charge in [0, 0.05) is 4.47 Å². The third kappa shape index (κ3) is 3.18. The van der Waals surface area contributed by atoms with E-state index in [0.29, 0.717) is 5.02 Å². The Labute approximate surface area is 98.5 Å². The molecule has 0 aliphatic carbocycles. The van der Waals surface area contributed by atoms with Gasteiger partial charge in [0.15, 0.2) is 0 Å². The predicted octanol–water partition coefficient (Wildman–Crippen LogP) is 4.67. The summed E-state index contributed by atoms with van der Waals surface area (Å²) in [7, 11) is 0. The zero-order valence-corrected chi connectivity index (χ0v) is 10.7. The summed E-state index contributed by atoms with van der Waals surface area (Å²) in [5.41, 5.74) is 0. The second-order valence-corrected chi connectivity index (χ2v) is 4.45. The number of hydrogen-bond acceptors (Lipinski definition) is 1. The van der Waals surface area contributed by atoms with Crippen LogP contribution in [0.5, 0.6) is 5.75 Å². The molecule has 0 aliphatic rings. The Morgan fingerprint density at radius 2 is 2.00 bits per heavy atom. The summed E-state index contributed by atoms with van der Waals surface area (Å²) in [6.07, 6.45) is 2.25. The highest BCUT2D eigenvalue weighted by molar-refractivity contribution is 9.10. The van der Waals surface area contributed by atoms with Crippen LogP contribution in [-0.4, -0.2) is 6.10 Å². The first-order valence-corrected chi connectivity index (χ1v) is 5.96. The van der Waals surface area contributed by atoms with Crippen LogP contribution in [0.15, 0.2) is 22.7 Å². The van der Waals surface area contributed by atoms with Crippen molar-refractivity contribution in [3.63, 3.8) is 0 Å². The molecule has 0 saturated heterocycles. The van der Waals surface area contributed by atoms with Gasteiger partial charge in [-0.3, -0.25) is 0 Å². The van der Waals surface area contributed by atoms with Gasteiger partial charge in [-0.2, -0.15) is 0 Å². The molecule has 0 aromatic heterocycles. The summed E-state index contributed by atoms with van der Waals surface area (Å²) >= 11 is 9.40. The van der Waals surface area contributed by atoms with E-state index >= 15 is 0 Å². The van der Waals surface area contributed by atoms with Crippen molar-refractivity contribution in [2.24, 2.45) is 0 Å². The second kappa shape index (κ2) is 5.62. The van der Waals surface area contributed by atoms with Gasteiger partial charge in [0.25, 0.3) is 0 Å². The van der Waals surface area contributed by atoms with E-state index in [2.05, 4.69) is 29.8 Å². The lowest BCUT2D eigenvalue weighted by Crippen LogP contribution is -2.13. The maximum atomic E-state index is 6.01. The molecule has 1 rings (SSSR count). The van der Waals surface area contributed by atoms with E-state index < -0.39 is 0 Å². The maximum Gasteiger partial charge on any atom is 0.139 e. The van der Waals surface area contributed by atoms with E-state index in [-0.39, 0.29) is 6.10 Å². The number of hydrogen-bond donors (Lipinski definition) is 0. The van der Waals surface area contributed by atoms with Gasteiger partial charge in [-0.1, -0.05) is 41.4 Å². The Morgan fingerprint density at radius 1 is 1.36 bits per heavy atom. The van der Waals surface area contributed by atoms with Crippen molar-refractivity contribution < 1.29 is 4.74 Å². The fourth-order valence-electron chi connectivity index (χ4n) is 1.20. The lowest BCUT2D eigenvalue weighted by Gasteiger charge is -2.16. The van der Waals surface area contributed by atoms with Gasteiger partial charge in [-0.05, 0) is 31.0 Å². The normalized spacial score (nSPS) is 10.6. The van der Waals surface area contributed by atoms with Crippen molar-refractivity contribution in [2.75, 3.05) is 0 Å². The molecule has 0 saturated carbocycles. The van der Waals surface area contributed by atoms with Crippen LogP contribution in [0.3, 0.4) is 0 Å². The molecule has 1 nitrogen and oxygen atoms in total. The average Bonchev–Trinajstić information content (AvgIpc) is 2.19. The third-order valence-corrected chi connectivity index (χ3v) is 2.90. The average molecular weight is 278 g/mol. The molecule has 0 spiro atoms. The zero-order chi connectivity index (χ0) is 10.6. The molecule has 78 valence electrons. The number of halogens is 2. The highest BCUT2D eigenvalue weighted by Gasteiger charge is 2.08. The molecule has 0 amide bonds. The zero-order valence-electron chi connectivity index (χ0n) is 8.39. The van der Waals surface area contributed by atoms with Crippen LogP contribution in [0, 0.1) is 0 Å². The van der Waals surface area contributed by atoms with Gasteiger partial charge in [0.1, 0.15) is 5.75 Å². The van der Waals surface area contributed by atoms with Crippen LogP contribution < -0.4 is 4.74 Å². The van der Waals surface area contributed by atoms with E-state index in [9.17, 15) is 0 Å². The Hall–Kier alpha value is -0.210. The van der Waals surface area contributed by atoms with Crippen LogP contribution in [-0.2, 0) is 0 Å². The maximum absolute atomic E-state index is 6.01. The molecule has 14 heavy (non-hydrogen) atoms. The smallest absolute Gasteiger partial charge is 0.139 e. The Bertz CT molecular complexity index is 297. The fourth-order valence-corrected chi connectivity index (χ4v) is 1.70. The van der Waals surface area contributed by atoms with Crippen LogP contribution in [0.2, 0.25) is 5.02 Å². The summed E-state index contributed by atoms with van der Waals surface area (Å²) in [4.78, 5) is 0. The molecule has 0 aliphatic heterocycles. The summed E-state index contributed by atoms with van der Waals surface area (Å²) in [5.74, 6) is 0.759. The molecule has 0 atom stereocenters. The summed E-state index contributed by atoms with van der Waals surface area (Å²) in [5, 5.41) is 0.667. The van der Waals surface area contributed by atoms with E-state index in [1.807, 2.05) is 18.2 Å². The van der Waals surface area contributed by atoms with Crippen molar-refractivity contribution in [3.8, 4) is 5.75 Å². The van der Waals surface area contributed by atoms with Gasteiger partial charge in [-0.15, -0.1) is 0 Å². The van der Waals surface area contributed by atoms with E-state index in [0.717, 1.165) is 23.1 Å². The minimum absolute atomic E-state index is 0.252. The van der Waals surface area contributed by atoms with Crippen molar-refractivity contribution >= 4 is 27.5 Å². The standard InChI is InChI=1S/C11H14BrClO/c1-3-9(4-2)14-11-7-8(12)5-6-10(11)13/h5-7,9H,3-4H2,1-2H3. The van der Waals surface area contributed by atoms with Crippen LogP contribution in [0.25, 0.3) is 0 Å². The van der Waals surface area contributed by atoms with Gasteiger partial charge in [-0.25, -0.2) is 0 Å². The molecule has 0 radical (unpaired) electrons. The topological polar surface area (TPSA) is 9.23 Å². The third-order valence-electron chi connectivity index (χ3n) is 2.10. The molecular weight excluding hydrogens is 263 g/mol. The number of rotatable bonds is 4. The molecule has 0 N–H and O–H groups in total. The lowest BCUT2D eigenvalue weighted by atomic mass is 10.2. The van der Waals surface area contributed by atoms with Crippen molar-refractivity contribution in [3.05, 3.63) is 27.7 Å². The van der Waals surface area contributed by atoms with E-state index in [1.165, 1.54) is 0 Å². The van der Waals surface area contributed by atoms with Crippen LogP contribution in [0.1, 0.15) is 26.7 Å². The Morgan fingerprint density at radius 3 is 2.57 bits per heavy atom. The van der Waals surface area contributed by atoms with E-state index in [1.54, 1.807) is 0 Å². The quantitative estimate of drug-likeness (QED) is 0.777. The fraction of sp³-hybridized carbons (Fsp3) is 0.455. The second-order valence-electron chi connectivity index (χ2n) is 3.13. The first kappa shape index (κ1) is 11.9. The molecule has 0 heterocycles. The Kier molecular flexibility index (Phi) is 4.76. The molecular formula is C11H14BrClO. The minimum Gasteiger partial charge on any atom is -0.489 e. The number of benzene rings is 1. The highest BCUT2D eigenvalue weighted by atomic mass is 79.9. The SMILES string of the molecule is CCC(CC)Oc1cc(Br)ccc1Cl. The van der Waals surface area contributed by atoms with Gasteiger partial charge >= 0.3 is 0 Å². The molecule has 0 fully saturated rings. The van der Waals surface area contributed by atoms with Gasteiger partial charge in [0.05, 0.1) is 11.1 Å². The van der Waals surface area contributed by atoms with Crippen molar-refractivity contribution in [1.82, 2.24) is 0 Å². The molecule has 0 unspecified atom stereocenters. The number of ether oxygens (including phenoxy) is 1. The summed E-state index contributed by atoms with van der Waals surface area (Å²) in [6, 6.07) is 5.64. The molecule has 1 aromatic rings. The van der Waals surface area contributed by atoms with Gasteiger partial charge in [0.2, 0.25) is 0 Å². The largest absolute Gasteiger partial charge is 0.489 e. The molecule has 0 bridgehead atoms. The van der Waals surface area contributed by atoms with Crippen molar-refractivity contribution in [1.29, 1.82) is 0 Å². The van der Waals surface area contributed by atoms with Crippen LogP contribution >= 0.6 is 27.5 Å². The predicted molar refractivity (Wildman–Crippen MR) is 64.2 cm³/mol. The monoisotopic (exact) mass is 276 g/mol.